The number of nitrogens with zero attached hydrogens (tertiary/aromatic N) is 2. The fraction of sp³-hybridized carbons (Fsp3) is 0.769. The van der Waals surface area contributed by atoms with Crippen LogP contribution in [0.15, 0.2) is 11.6 Å². The van der Waals surface area contributed by atoms with Gasteiger partial charge in [0, 0.05) is 24.7 Å². The zero-order chi connectivity index (χ0) is 11.5. The van der Waals surface area contributed by atoms with Crippen LogP contribution >= 0.6 is 36.2 Å². The second kappa shape index (κ2) is 8.30. The van der Waals surface area contributed by atoms with E-state index in [2.05, 4.69) is 20.6 Å². The molecule has 0 saturated carbocycles. The quantitative estimate of drug-likeness (QED) is 0.905. The summed E-state index contributed by atoms with van der Waals surface area (Å²) in [7, 11) is 0. The van der Waals surface area contributed by atoms with Gasteiger partial charge in [-0.1, -0.05) is 0 Å². The molecule has 19 heavy (non-hydrogen) atoms. The Morgan fingerprint density at radius 1 is 1.05 bits per heavy atom. The van der Waals surface area contributed by atoms with Crippen LogP contribution in [-0.4, -0.2) is 31.2 Å². The van der Waals surface area contributed by atoms with Crippen molar-refractivity contribution in [2.24, 2.45) is 11.8 Å². The van der Waals surface area contributed by atoms with E-state index in [0.717, 1.165) is 11.8 Å². The third-order valence-electron chi connectivity index (χ3n) is 4.28. The molecule has 110 valence electrons. The Bertz CT molecular complexity index is 334. The Labute approximate surface area is 132 Å². The van der Waals surface area contributed by atoms with Gasteiger partial charge >= 0.3 is 0 Å². The lowest BCUT2D eigenvalue weighted by Crippen LogP contribution is -2.39. The van der Waals surface area contributed by atoms with E-state index in [1.807, 2.05) is 6.20 Å². The van der Waals surface area contributed by atoms with Crippen molar-refractivity contribution in [3.63, 3.8) is 0 Å². The molecule has 2 aliphatic heterocycles. The van der Waals surface area contributed by atoms with Crippen molar-refractivity contribution >= 4 is 41.3 Å². The van der Waals surface area contributed by atoms with Crippen molar-refractivity contribution in [3.8, 4) is 0 Å². The van der Waals surface area contributed by atoms with Gasteiger partial charge in [-0.2, -0.15) is 0 Å². The number of nitrogens with one attached hydrogen (secondary N) is 1. The summed E-state index contributed by atoms with van der Waals surface area (Å²) in [5.74, 6) is 1.95. The number of hydrogen-bond acceptors (Lipinski definition) is 4. The predicted octanol–water partition coefficient (Wildman–Crippen LogP) is 3.20. The average molecular weight is 324 g/mol. The van der Waals surface area contributed by atoms with Crippen molar-refractivity contribution in [2.45, 2.75) is 25.7 Å². The van der Waals surface area contributed by atoms with Gasteiger partial charge in [0.25, 0.3) is 0 Å². The van der Waals surface area contributed by atoms with Gasteiger partial charge in [-0.3, -0.25) is 0 Å². The van der Waals surface area contributed by atoms with E-state index in [-0.39, 0.29) is 24.8 Å². The minimum Gasteiger partial charge on any atom is -0.348 e. The third-order valence-corrected chi connectivity index (χ3v) is 5.11. The summed E-state index contributed by atoms with van der Waals surface area (Å²) in [6, 6.07) is 0. The number of aromatic nitrogens is 1. The van der Waals surface area contributed by atoms with Crippen LogP contribution in [0, 0.1) is 11.8 Å². The Balaban J connectivity index is 0.000000902. The monoisotopic (exact) mass is 323 g/mol. The number of halogens is 2. The van der Waals surface area contributed by atoms with Crippen LogP contribution in [0.3, 0.4) is 0 Å². The summed E-state index contributed by atoms with van der Waals surface area (Å²) in [4.78, 5) is 6.87. The molecule has 1 aromatic heterocycles. The Morgan fingerprint density at radius 3 is 2.26 bits per heavy atom. The molecule has 2 aliphatic rings. The van der Waals surface area contributed by atoms with Gasteiger partial charge < -0.3 is 10.2 Å². The lowest BCUT2D eigenvalue weighted by molar-refractivity contribution is 0.222. The Hall–Kier alpha value is -0.0300. The minimum atomic E-state index is 0. The molecule has 0 aliphatic carbocycles. The smallest absolute Gasteiger partial charge is 0.185 e. The van der Waals surface area contributed by atoms with Crippen molar-refractivity contribution in [1.29, 1.82) is 0 Å². The van der Waals surface area contributed by atoms with Gasteiger partial charge in [-0.25, -0.2) is 4.98 Å². The van der Waals surface area contributed by atoms with E-state index < -0.39 is 0 Å². The molecule has 0 aromatic carbocycles. The van der Waals surface area contributed by atoms with Gasteiger partial charge in [-0.15, -0.1) is 36.2 Å². The normalized spacial score (nSPS) is 21.6. The van der Waals surface area contributed by atoms with Crippen molar-refractivity contribution in [1.82, 2.24) is 10.3 Å². The molecule has 3 rings (SSSR count). The van der Waals surface area contributed by atoms with Crippen molar-refractivity contribution < 1.29 is 0 Å². The highest BCUT2D eigenvalue weighted by Gasteiger charge is 2.28. The minimum absolute atomic E-state index is 0. The van der Waals surface area contributed by atoms with Crippen LogP contribution in [0.4, 0.5) is 5.13 Å². The molecule has 3 heterocycles. The number of hydrogen-bond donors (Lipinski definition) is 1. The highest BCUT2D eigenvalue weighted by atomic mass is 35.5. The van der Waals surface area contributed by atoms with E-state index in [1.165, 1.54) is 57.0 Å². The summed E-state index contributed by atoms with van der Waals surface area (Å²) in [5.41, 5.74) is 0. The van der Waals surface area contributed by atoms with E-state index >= 15 is 0 Å². The van der Waals surface area contributed by atoms with E-state index in [9.17, 15) is 0 Å². The van der Waals surface area contributed by atoms with Gasteiger partial charge in [0.2, 0.25) is 0 Å². The largest absolute Gasteiger partial charge is 0.348 e. The molecule has 6 heteroatoms. The maximum absolute atomic E-state index is 4.41. The zero-order valence-electron chi connectivity index (χ0n) is 11.1. The fourth-order valence-electron chi connectivity index (χ4n) is 3.25. The number of piperidine rings is 2. The highest BCUT2D eigenvalue weighted by Crippen LogP contribution is 2.32. The summed E-state index contributed by atoms with van der Waals surface area (Å²) >= 11 is 1.77. The highest BCUT2D eigenvalue weighted by molar-refractivity contribution is 7.13. The first kappa shape index (κ1) is 17.0. The molecule has 0 radical (unpaired) electrons. The third kappa shape index (κ3) is 4.22. The Morgan fingerprint density at radius 2 is 1.68 bits per heavy atom. The van der Waals surface area contributed by atoms with Gasteiger partial charge in [0.1, 0.15) is 0 Å². The van der Waals surface area contributed by atoms with Crippen LogP contribution in [-0.2, 0) is 0 Å². The molecular formula is C13H23Cl2N3S. The van der Waals surface area contributed by atoms with Crippen LogP contribution in [0.1, 0.15) is 25.7 Å². The van der Waals surface area contributed by atoms with Gasteiger partial charge in [0.15, 0.2) is 5.13 Å². The second-order valence-electron chi connectivity index (χ2n) is 5.23. The van der Waals surface area contributed by atoms with Gasteiger partial charge in [-0.05, 0) is 50.6 Å². The molecule has 1 N–H and O–H groups in total. The molecule has 0 spiro atoms. The molecule has 0 atom stereocenters. The number of rotatable bonds is 2. The summed E-state index contributed by atoms with van der Waals surface area (Å²) < 4.78 is 0. The summed E-state index contributed by atoms with van der Waals surface area (Å²) in [5, 5.41) is 6.76. The lowest BCUT2D eigenvalue weighted by Gasteiger charge is -2.37. The molecule has 2 fully saturated rings. The molecular weight excluding hydrogens is 301 g/mol. The molecule has 2 saturated heterocycles. The molecule has 0 bridgehead atoms. The number of thiazole rings is 1. The first-order valence-electron chi connectivity index (χ1n) is 6.78. The van der Waals surface area contributed by atoms with Crippen LogP contribution in [0.25, 0.3) is 0 Å². The molecule has 3 nitrogen and oxygen atoms in total. The average Bonchev–Trinajstić information content (AvgIpc) is 2.94. The molecule has 0 amide bonds. The maximum atomic E-state index is 4.41. The fourth-order valence-corrected chi connectivity index (χ4v) is 3.95. The van der Waals surface area contributed by atoms with Crippen LogP contribution in [0.2, 0.25) is 0 Å². The molecule has 1 aromatic rings. The molecule has 0 unspecified atom stereocenters. The first-order valence-corrected chi connectivity index (χ1v) is 7.66. The van der Waals surface area contributed by atoms with Crippen molar-refractivity contribution in [3.05, 3.63) is 11.6 Å². The van der Waals surface area contributed by atoms with Crippen LogP contribution in [0.5, 0.6) is 0 Å². The standard InChI is InChI=1S/C13H21N3S.2ClH/c1-5-14-6-2-11(1)12-3-8-16(9-4-12)13-15-7-10-17-13;;/h7,10-12,14H,1-6,8-9H2;2*1H. The predicted molar refractivity (Wildman–Crippen MR) is 87.1 cm³/mol. The summed E-state index contributed by atoms with van der Waals surface area (Å²) in [6.45, 7) is 4.89. The zero-order valence-corrected chi connectivity index (χ0v) is 13.5. The van der Waals surface area contributed by atoms with E-state index in [0.29, 0.717) is 0 Å². The topological polar surface area (TPSA) is 28.2 Å². The maximum Gasteiger partial charge on any atom is 0.185 e. The van der Waals surface area contributed by atoms with E-state index in [4.69, 9.17) is 0 Å². The SMILES string of the molecule is Cl.Cl.c1csc(N2CCC(C3CCNCC3)CC2)n1. The van der Waals surface area contributed by atoms with Gasteiger partial charge in [0.05, 0.1) is 0 Å². The summed E-state index contributed by atoms with van der Waals surface area (Å²) in [6.07, 6.45) is 7.43. The number of anilines is 1. The first-order chi connectivity index (χ1) is 8.43. The lowest BCUT2D eigenvalue weighted by atomic mass is 9.79. The Kier molecular flexibility index (Phi) is 7.44. The second-order valence-corrected chi connectivity index (χ2v) is 6.10. The van der Waals surface area contributed by atoms with E-state index in [1.54, 1.807) is 11.3 Å². The van der Waals surface area contributed by atoms with Crippen molar-refractivity contribution in [2.75, 3.05) is 31.1 Å². The van der Waals surface area contributed by atoms with Crippen LogP contribution < -0.4 is 10.2 Å².